The van der Waals surface area contributed by atoms with Gasteiger partial charge in [-0.1, -0.05) is 23.3 Å². The normalized spacial score (nSPS) is 18.6. The molecule has 1 aromatic heterocycles. The lowest BCUT2D eigenvalue weighted by atomic mass is 10.1. The van der Waals surface area contributed by atoms with Gasteiger partial charge in [-0.05, 0) is 44.5 Å². The van der Waals surface area contributed by atoms with E-state index in [1.807, 2.05) is 35.1 Å². The van der Waals surface area contributed by atoms with Crippen molar-refractivity contribution >= 4 is 11.6 Å². The van der Waals surface area contributed by atoms with Gasteiger partial charge in [0.1, 0.15) is 0 Å². The summed E-state index contributed by atoms with van der Waals surface area (Å²) in [4.78, 5) is 4.94. The summed E-state index contributed by atoms with van der Waals surface area (Å²) in [5.74, 6) is 0. The Labute approximate surface area is 166 Å². The molecule has 27 heavy (non-hydrogen) atoms. The van der Waals surface area contributed by atoms with Gasteiger partial charge in [0.25, 0.3) is 0 Å². The summed E-state index contributed by atoms with van der Waals surface area (Å²) in [5, 5.41) is 14.7. The molecular weight excluding hydrogens is 360 g/mol. The van der Waals surface area contributed by atoms with Gasteiger partial charge in [0.2, 0.25) is 0 Å². The average molecular weight is 389 g/mol. The Hall–Kier alpha value is -1.66. The van der Waals surface area contributed by atoms with E-state index in [0.29, 0.717) is 6.04 Å². The molecule has 1 fully saturated rings. The molecule has 0 bridgehead atoms. The second-order valence-electron chi connectivity index (χ2n) is 7.45. The molecule has 1 N–H and O–H groups in total. The number of aliphatic hydroxyl groups is 1. The van der Waals surface area contributed by atoms with Crippen LogP contribution in [0.5, 0.6) is 0 Å². The maximum absolute atomic E-state index is 9.46. The van der Waals surface area contributed by atoms with E-state index in [1.54, 1.807) is 0 Å². The van der Waals surface area contributed by atoms with Crippen molar-refractivity contribution < 1.29 is 5.11 Å². The molecule has 2 heterocycles. The molecule has 0 radical (unpaired) electrons. The second kappa shape index (κ2) is 9.51. The maximum Gasteiger partial charge on any atom is 0.0646 e. The van der Waals surface area contributed by atoms with Gasteiger partial charge in [0, 0.05) is 62.2 Å². The van der Waals surface area contributed by atoms with Crippen LogP contribution >= 0.6 is 11.6 Å². The van der Waals surface area contributed by atoms with E-state index >= 15 is 0 Å². The minimum Gasteiger partial charge on any atom is -0.396 e. The molecule has 1 saturated heterocycles. The number of benzene rings is 1. The van der Waals surface area contributed by atoms with Crippen LogP contribution in [0.1, 0.15) is 25.8 Å². The minimum atomic E-state index is 0.234. The summed E-state index contributed by atoms with van der Waals surface area (Å²) in [6.45, 7) is 9.39. The van der Waals surface area contributed by atoms with Gasteiger partial charge in [-0.15, -0.1) is 0 Å². The van der Waals surface area contributed by atoms with Gasteiger partial charge >= 0.3 is 0 Å². The van der Waals surface area contributed by atoms with Crippen molar-refractivity contribution in [1.82, 2.24) is 19.6 Å². The van der Waals surface area contributed by atoms with Gasteiger partial charge in [-0.3, -0.25) is 9.80 Å². The maximum atomic E-state index is 9.46. The predicted octanol–water partition coefficient (Wildman–Crippen LogP) is 3.36. The lowest BCUT2D eigenvalue weighted by Gasteiger charge is -2.41. The first-order chi connectivity index (χ1) is 13.0. The molecule has 1 atom stereocenters. The monoisotopic (exact) mass is 388 g/mol. The lowest BCUT2D eigenvalue weighted by molar-refractivity contribution is 0.0636. The Bertz CT molecular complexity index is 752. The van der Waals surface area contributed by atoms with Gasteiger partial charge in [0.15, 0.2) is 0 Å². The molecule has 2 aromatic rings. The Morgan fingerprint density at radius 3 is 2.74 bits per heavy atom. The highest BCUT2D eigenvalue weighted by Crippen LogP contribution is 2.17. The van der Waals surface area contributed by atoms with Crippen molar-refractivity contribution in [2.24, 2.45) is 0 Å². The Morgan fingerprint density at radius 2 is 2.04 bits per heavy atom. The van der Waals surface area contributed by atoms with Crippen molar-refractivity contribution in [3.63, 3.8) is 0 Å². The first kappa shape index (κ1) is 20.1. The summed E-state index contributed by atoms with van der Waals surface area (Å²) in [6.07, 6.45) is 7.11. The van der Waals surface area contributed by atoms with E-state index in [9.17, 15) is 5.11 Å². The van der Waals surface area contributed by atoms with Crippen LogP contribution in [0.3, 0.4) is 0 Å². The van der Waals surface area contributed by atoms with Gasteiger partial charge in [0.05, 0.1) is 11.9 Å². The first-order valence-corrected chi connectivity index (χ1v) is 9.93. The number of halogens is 1. The number of aliphatic hydroxyl groups excluding tert-OH is 1. The van der Waals surface area contributed by atoms with E-state index in [2.05, 4.69) is 41.0 Å². The summed E-state index contributed by atoms with van der Waals surface area (Å²) >= 11 is 5.96. The Morgan fingerprint density at radius 1 is 1.26 bits per heavy atom. The van der Waals surface area contributed by atoms with Gasteiger partial charge in [-0.25, -0.2) is 4.68 Å². The number of allylic oxidation sites excluding steroid dienone is 1. The number of aromatic nitrogens is 2. The van der Waals surface area contributed by atoms with Crippen LogP contribution < -0.4 is 0 Å². The number of hydrogen-bond acceptors (Lipinski definition) is 4. The largest absolute Gasteiger partial charge is 0.396 e. The fourth-order valence-electron chi connectivity index (χ4n) is 3.50. The zero-order valence-electron chi connectivity index (χ0n) is 16.2. The number of piperazine rings is 1. The van der Waals surface area contributed by atoms with E-state index in [4.69, 9.17) is 11.6 Å². The summed E-state index contributed by atoms with van der Waals surface area (Å²) in [5.41, 5.74) is 3.55. The standard InChI is InChI=1S/C21H29ClN4O/c1-17(2)7-9-25-11-10-24(16-21(25)8-12-27)14-18-13-23-26(15-18)20-5-3-19(22)4-6-20/h3-7,13,15,21,27H,8-12,14,16H2,1-2H3. The molecule has 1 aliphatic heterocycles. The molecule has 6 heteroatoms. The number of rotatable bonds is 7. The third-order valence-corrected chi connectivity index (χ3v) is 5.27. The van der Waals surface area contributed by atoms with Crippen molar-refractivity contribution in [2.75, 3.05) is 32.8 Å². The topological polar surface area (TPSA) is 44.5 Å². The van der Waals surface area contributed by atoms with Crippen molar-refractivity contribution in [2.45, 2.75) is 32.9 Å². The zero-order valence-corrected chi connectivity index (χ0v) is 16.9. The third-order valence-electron chi connectivity index (χ3n) is 5.02. The van der Waals surface area contributed by atoms with E-state index in [-0.39, 0.29) is 6.61 Å². The third kappa shape index (κ3) is 5.66. The molecule has 0 saturated carbocycles. The Kier molecular flexibility index (Phi) is 7.07. The van der Waals surface area contributed by atoms with Crippen LogP contribution in [0.25, 0.3) is 5.69 Å². The number of nitrogens with zero attached hydrogens (tertiary/aromatic N) is 4. The van der Waals surface area contributed by atoms with Crippen LogP contribution in [-0.2, 0) is 6.54 Å². The summed E-state index contributed by atoms with van der Waals surface area (Å²) < 4.78 is 1.89. The van der Waals surface area contributed by atoms with E-state index in [1.165, 1.54) is 11.1 Å². The molecule has 3 rings (SSSR count). The molecule has 1 unspecified atom stereocenters. The zero-order chi connectivity index (χ0) is 19.2. The highest BCUT2D eigenvalue weighted by atomic mass is 35.5. The smallest absolute Gasteiger partial charge is 0.0646 e. The van der Waals surface area contributed by atoms with Gasteiger partial charge < -0.3 is 5.11 Å². The molecule has 5 nitrogen and oxygen atoms in total. The van der Waals surface area contributed by atoms with Crippen LogP contribution in [0.2, 0.25) is 5.02 Å². The molecule has 0 aliphatic carbocycles. The van der Waals surface area contributed by atoms with Gasteiger partial charge in [-0.2, -0.15) is 5.10 Å². The molecular formula is C21H29ClN4O. The molecule has 1 aliphatic rings. The Balaban J connectivity index is 1.61. The van der Waals surface area contributed by atoms with Crippen LogP contribution in [-0.4, -0.2) is 63.5 Å². The minimum absolute atomic E-state index is 0.234. The van der Waals surface area contributed by atoms with Crippen LogP contribution in [0.4, 0.5) is 0 Å². The van der Waals surface area contributed by atoms with Crippen molar-refractivity contribution in [1.29, 1.82) is 0 Å². The van der Waals surface area contributed by atoms with E-state index in [0.717, 1.165) is 49.9 Å². The molecule has 146 valence electrons. The first-order valence-electron chi connectivity index (χ1n) is 9.55. The summed E-state index contributed by atoms with van der Waals surface area (Å²) in [6, 6.07) is 8.09. The SMILES string of the molecule is CC(C)=CCN1CCN(Cc2cnn(-c3ccc(Cl)cc3)c2)CC1CCO. The molecule has 0 spiro atoms. The second-order valence-corrected chi connectivity index (χ2v) is 7.88. The highest BCUT2D eigenvalue weighted by Gasteiger charge is 2.26. The predicted molar refractivity (Wildman–Crippen MR) is 110 cm³/mol. The number of hydrogen-bond donors (Lipinski definition) is 1. The lowest BCUT2D eigenvalue weighted by Crippen LogP contribution is -2.53. The van der Waals surface area contributed by atoms with Crippen LogP contribution in [0.15, 0.2) is 48.3 Å². The fourth-order valence-corrected chi connectivity index (χ4v) is 3.62. The van der Waals surface area contributed by atoms with E-state index < -0.39 is 0 Å². The highest BCUT2D eigenvalue weighted by molar-refractivity contribution is 6.30. The van der Waals surface area contributed by atoms with Crippen molar-refractivity contribution in [3.05, 3.63) is 58.9 Å². The molecule has 1 aromatic carbocycles. The van der Waals surface area contributed by atoms with Crippen molar-refractivity contribution in [3.8, 4) is 5.69 Å². The average Bonchev–Trinajstić information content (AvgIpc) is 3.10. The fraction of sp³-hybridized carbons (Fsp3) is 0.476. The molecule has 0 amide bonds. The van der Waals surface area contributed by atoms with Crippen LogP contribution in [0, 0.1) is 0 Å². The quantitative estimate of drug-likeness (QED) is 0.739. The summed E-state index contributed by atoms with van der Waals surface area (Å²) in [7, 11) is 0.